The average Bonchev–Trinajstić information content (AvgIpc) is 2.79. The van der Waals surface area contributed by atoms with E-state index >= 15 is 0 Å². The zero-order chi connectivity index (χ0) is 20.8. The van der Waals surface area contributed by atoms with Crippen molar-refractivity contribution in [1.29, 1.82) is 0 Å². The highest BCUT2D eigenvalue weighted by molar-refractivity contribution is 6.30. The second kappa shape index (κ2) is 9.25. The van der Waals surface area contributed by atoms with Crippen LogP contribution in [-0.4, -0.2) is 16.3 Å². The number of nitrogens with one attached hydrogen (secondary N) is 1. The number of para-hydroxylation sites is 2. The second-order valence-corrected chi connectivity index (χ2v) is 7.17. The summed E-state index contributed by atoms with van der Waals surface area (Å²) in [6, 6.07) is 24.9. The molecule has 1 heterocycles. The zero-order valence-electron chi connectivity index (χ0n) is 16.2. The van der Waals surface area contributed by atoms with E-state index in [1.54, 1.807) is 30.6 Å². The summed E-state index contributed by atoms with van der Waals surface area (Å²) in [6.45, 7) is 0.449. The number of benzene rings is 3. The van der Waals surface area contributed by atoms with Crippen LogP contribution in [-0.2, 0) is 6.54 Å². The summed E-state index contributed by atoms with van der Waals surface area (Å²) >= 11 is 6.07. The molecular formula is C25H20ClN3O. The van der Waals surface area contributed by atoms with E-state index in [2.05, 4.69) is 21.4 Å². The number of nitrogens with zero attached hydrogens (tertiary/aromatic N) is 2. The van der Waals surface area contributed by atoms with Gasteiger partial charge in [-0.2, -0.15) is 0 Å². The lowest BCUT2D eigenvalue weighted by atomic mass is 10.0. The maximum Gasteiger partial charge on any atom is 0.120 e. The van der Waals surface area contributed by atoms with E-state index in [9.17, 15) is 5.11 Å². The quantitative estimate of drug-likeness (QED) is 0.356. The Balaban J connectivity index is 1.64. The van der Waals surface area contributed by atoms with Gasteiger partial charge in [0.15, 0.2) is 0 Å². The highest BCUT2D eigenvalue weighted by Gasteiger charge is 2.10. The third kappa shape index (κ3) is 4.67. The Kier molecular flexibility index (Phi) is 6.06. The Morgan fingerprint density at radius 3 is 2.57 bits per heavy atom. The summed E-state index contributed by atoms with van der Waals surface area (Å²) in [4.78, 5) is 8.81. The lowest BCUT2D eigenvalue weighted by molar-refractivity contribution is 0.469. The van der Waals surface area contributed by atoms with Gasteiger partial charge in [-0.1, -0.05) is 54.1 Å². The van der Waals surface area contributed by atoms with Gasteiger partial charge < -0.3 is 10.4 Å². The maximum atomic E-state index is 10.1. The molecule has 0 radical (unpaired) electrons. The van der Waals surface area contributed by atoms with Crippen LogP contribution in [0.5, 0.6) is 5.75 Å². The molecule has 30 heavy (non-hydrogen) atoms. The molecule has 3 aromatic carbocycles. The van der Waals surface area contributed by atoms with Gasteiger partial charge >= 0.3 is 0 Å². The largest absolute Gasteiger partial charge is 0.508 e. The average molecular weight is 414 g/mol. The van der Waals surface area contributed by atoms with Crippen molar-refractivity contribution in [3.8, 4) is 16.9 Å². The number of halogens is 1. The van der Waals surface area contributed by atoms with Crippen LogP contribution in [0.3, 0.4) is 0 Å². The van der Waals surface area contributed by atoms with E-state index in [-0.39, 0.29) is 5.75 Å². The van der Waals surface area contributed by atoms with E-state index in [0.29, 0.717) is 11.6 Å². The SMILES string of the molecule is Oc1ccc(Cl)cc1CNc1ccccc1-c1ccccc1N=Cc1cccnc1. The van der Waals surface area contributed by atoms with Crippen LogP contribution < -0.4 is 5.32 Å². The number of anilines is 1. The molecule has 0 aliphatic heterocycles. The van der Waals surface area contributed by atoms with Gasteiger partial charge in [0.05, 0.1) is 5.69 Å². The minimum Gasteiger partial charge on any atom is -0.508 e. The fraction of sp³-hybridized carbons (Fsp3) is 0.0400. The molecule has 4 nitrogen and oxygen atoms in total. The smallest absolute Gasteiger partial charge is 0.120 e. The number of rotatable bonds is 6. The van der Waals surface area contributed by atoms with Crippen LogP contribution in [0.4, 0.5) is 11.4 Å². The molecule has 0 aliphatic rings. The number of aromatic nitrogens is 1. The molecule has 4 rings (SSSR count). The number of pyridine rings is 1. The van der Waals surface area contributed by atoms with Crippen molar-refractivity contribution in [2.75, 3.05) is 5.32 Å². The summed E-state index contributed by atoms with van der Waals surface area (Å²) in [5.74, 6) is 0.214. The predicted molar refractivity (Wildman–Crippen MR) is 124 cm³/mol. The summed E-state index contributed by atoms with van der Waals surface area (Å²) in [5, 5.41) is 14.1. The third-order valence-corrected chi connectivity index (χ3v) is 4.90. The summed E-state index contributed by atoms with van der Waals surface area (Å²) in [5.41, 5.74) is 5.52. The number of aromatic hydroxyl groups is 1. The normalized spacial score (nSPS) is 11.0. The number of phenolic OH excluding ortho intramolecular Hbond substituents is 1. The lowest BCUT2D eigenvalue weighted by Gasteiger charge is -2.14. The Morgan fingerprint density at radius 1 is 0.933 bits per heavy atom. The molecular weight excluding hydrogens is 394 g/mol. The van der Waals surface area contributed by atoms with Crippen molar-refractivity contribution >= 4 is 29.2 Å². The van der Waals surface area contributed by atoms with Crippen molar-refractivity contribution in [1.82, 2.24) is 4.98 Å². The monoisotopic (exact) mass is 413 g/mol. The Hall–Kier alpha value is -3.63. The Bertz CT molecular complexity index is 1180. The van der Waals surface area contributed by atoms with Crippen LogP contribution in [0.2, 0.25) is 5.02 Å². The van der Waals surface area contributed by atoms with Crippen molar-refractivity contribution < 1.29 is 5.11 Å². The van der Waals surface area contributed by atoms with Gasteiger partial charge in [0.2, 0.25) is 0 Å². The highest BCUT2D eigenvalue weighted by atomic mass is 35.5. The molecule has 0 bridgehead atoms. The number of hydrogen-bond donors (Lipinski definition) is 2. The first kappa shape index (κ1) is 19.7. The molecule has 4 aromatic rings. The minimum absolute atomic E-state index is 0.214. The fourth-order valence-corrected chi connectivity index (χ4v) is 3.36. The predicted octanol–water partition coefficient (Wildman–Crippen LogP) is 6.47. The van der Waals surface area contributed by atoms with Crippen molar-refractivity contribution in [3.05, 3.63) is 107 Å². The van der Waals surface area contributed by atoms with Gasteiger partial charge in [0.1, 0.15) is 5.75 Å². The minimum atomic E-state index is 0.214. The van der Waals surface area contributed by atoms with E-state index < -0.39 is 0 Å². The first-order valence-electron chi connectivity index (χ1n) is 9.54. The van der Waals surface area contributed by atoms with Crippen LogP contribution in [0.25, 0.3) is 11.1 Å². The molecule has 0 saturated heterocycles. The van der Waals surface area contributed by atoms with Gasteiger partial charge in [0, 0.05) is 58.1 Å². The third-order valence-electron chi connectivity index (χ3n) is 4.67. The second-order valence-electron chi connectivity index (χ2n) is 6.73. The molecule has 0 fully saturated rings. The Labute approximate surface area is 180 Å². The lowest BCUT2D eigenvalue weighted by Crippen LogP contribution is -2.01. The first-order valence-corrected chi connectivity index (χ1v) is 9.92. The van der Waals surface area contributed by atoms with Gasteiger partial charge in [-0.05, 0) is 36.4 Å². The van der Waals surface area contributed by atoms with E-state index in [1.807, 2.05) is 60.8 Å². The summed E-state index contributed by atoms with van der Waals surface area (Å²) in [6.07, 6.45) is 5.33. The van der Waals surface area contributed by atoms with Crippen LogP contribution in [0.1, 0.15) is 11.1 Å². The maximum absolute atomic E-state index is 10.1. The van der Waals surface area contributed by atoms with E-state index in [1.165, 1.54) is 0 Å². The molecule has 0 aliphatic carbocycles. The van der Waals surface area contributed by atoms with Crippen LogP contribution in [0, 0.1) is 0 Å². The molecule has 1 aromatic heterocycles. The van der Waals surface area contributed by atoms with E-state index in [4.69, 9.17) is 11.6 Å². The summed E-state index contributed by atoms with van der Waals surface area (Å²) in [7, 11) is 0. The standard InChI is InChI=1S/C25H20ClN3O/c26-20-11-12-25(30)19(14-20)17-29-24-10-4-2-8-22(24)21-7-1-3-9-23(21)28-16-18-6-5-13-27-15-18/h1-16,29-30H,17H2. The van der Waals surface area contributed by atoms with Crippen molar-refractivity contribution in [3.63, 3.8) is 0 Å². The number of phenols is 1. The fourth-order valence-electron chi connectivity index (χ4n) is 3.17. The summed E-state index contributed by atoms with van der Waals surface area (Å²) < 4.78 is 0. The molecule has 0 amide bonds. The van der Waals surface area contributed by atoms with Gasteiger partial charge in [0.25, 0.3) is 0 Å². The molecule has 2 N–H and O–H groups in total. The number of aliphatic imine (C=N–C) groups is 1. The molecule has 0 atom stereocenters. The zero-order valence-corrected chi connectivity index (χ0v) is 16.9. The van der Waals surface area contributed by atoms with Gasteiger partial charge in [-0.15, -0.1) is 0 Å². The first-order chi connectivity index (χ1) is 14.7. The highest BCUT2D eigenvalue weighted by Crippen LogP contribution is 2.35. The Morgan fingerprint density at radius 2 is 1.73 bits per heavy atom. The molecule has 0 unspecified atom stereocenters. The van der Waals surface area contributed by atoms with Crippen LogP contribution in [0.15, 0.2) is 96.2 Å². The van der Waals surface area contributed by atoms with E-state index in [0.717, 1.165) is 33.6 Å². The van der Waals surface area contributed by atoms with Crippen LogP contribution >= 0.6 is 11.6 Å². The molecule has 148 valence electrons. The molecule has 0 saturated carbocycles. The number of hydrogen-bond acceptors (Lipinski definition) is 4. The molecule has 5 heteroatoms. The van der Waals surface area contributed by atoms with Crippen molar-refractivity contribution in [2.45, 2.75) is 6.54 Å². The molecule has 0 spiro atoms. The van der Waals surface area contributed by atoms with Crippen molar-refractivity contribution in [2.24, 2.45) is 4.99 Å². The van der Waals surface area contributed by atoms with Gasteiger partial charge in [-0.25, -0.2) is 0 Å². The van der Waals surface area contributed by atoms with Gasteiger partial charge in [-0.3, -0.25) is 9.98 Å². The topological polar surface area (TPSA) is 57.5 Å².